The average Bonchev–Trinajstić information content (AvgIpc) is 2.71. The van der Waals surface area contributed by atoms with Crippen molar-refractivity contribution >= 4 is 17.0 Å². The summed E-state index contributed by atoms with van der Waals surface area (Å²) in [4.78, 5) is 8.38. The zero-order valence-electron chi connectivity index (χ0n) is 16.1. The molecule has 1 atom stereocenters. The fourth-order valence-corrected chi connectivity index (χ4v) is 3.04. The van der Waals surface area contributed by atoms with Crippen LogP contribution < -0.4 is 4.74 Å². The number of rotatable bonds is 9. The Labute approximate surface area is 165 Å². The molecule has 1 aromatic heterocycles. The summed E-state index contributed by atoms with van der Waals surface area (Å²) in [5.41, 5.74) is 4.03. The van der Waals surface area contributed by atoms with Crippen LogP contribution >= 0.6 is 0 Å². The van der Waals surface area contributed by atoms with E-state index in [2.05, 4.69) is 46.9 Å². The Hall–Kier alpha value is -3.01. The van der Waals surface area contributed by atoms with Crippen molar-refractivity contribution in [3.8, 4) is 16.9 Å². The van der Waals surface area contributed by atoms with Gasteiger partial charge in [-0.3, -0.25) is 0 Å². The van der Waals surface area contributed by atoms with Crippen LogP contribution in [0.3, 0.4) is 0 Å². The van der Waals surface area contributed by atoms with Crippen molar-refractivity contribution in [1.29, 1.82) is 0 Å². The number of fused-ring (bicyclic) bond motifs is 1. The second kappa shape index (κ2) is 9.79. The number of halogens is 1. The number of allylic oxidation sites excluding steroid dienone is 1. The zero-order valence-corrected chi connectivity index (χ0v) is 16.1. The Morgan fingerprint density at radius 3 is 2.93 bits per heavy atom. The molecule has 0 N–H and O–H groups in total. The van der Waals surface area contributed by atoms with Gasteiger partial charge in [0.15, 0.2) is 0 Å². The Morgan fingerprint density at radius 2 is 2.11 bits per heavy atom. The molecule has 3 rings (SSSR count). The summed E-state index contributed by atoms with van der Waals surface area (Å²) in [6, 6.07) is 12.3. The molecule has 2 aromatic carbocycles. The monoisotopic (exact) mass is 376 g/mol. The molecule has 3 aromatic rings. The Balaban J connectivity index is 1.85. The SMILES string of the molecule is C=CCOc1cc(C=CCCCC(C)F)ccc1-c1ccc2ncncc2c1. The van der Waals surface area contributed by atoms with Gasteiger partial charge in [0.25, 0.3) is 0 Å². The highest BCUT2D eigenvalue weighted by molar-refractivity contribution is 5.85. The molecule has 0 aliphatic carbocycles. The predicted molar refractivity (Wildman–Crippen MR) is 114 cm³/mol. The first kappa shape index (κ1) is 19.7. The van der Waals surface area contributed by atoms with Gasteiger partial charge < -0.3 is 4.74 Å². The smallest absolute Gasteiger partial charge is 0.128 e. The molecule has 0 fully saturated rings. The minimum Gasteiger partial charge on any atom is -0.489 e. The summed E-state index contributed by atoms with van der Waals surface area (Å²) in [5.74, 6) is 0.802. The standard InChI is InChI=1S/C24H25FN2O/c1-3-13-28-24-14-19(8-6-4-5-7-18(2)25)9-11-22(24)20-10-12-23-21(15-20)16-26-17-27-23/h3,6,8-12,14-18H,1,4-5,7,13H2,2H3. The van der Waals surface area contributed by atoms with Crippen molar-refractivity contribution in [2.45, 2.75) is 32.4 Å². The summed E-state index contributed by atoms with van der Waals surface area (Å²) in [7, 11) is 0. The van der Waals surface area contributed by atoms with E-state index >= 15 is 0 Å². The van der Waals surface area contributed by atoms with Gasteiger partial charge in [0.05, 0.1) is 11.7 Å². The van der Waals surface area contributed by atoms with Gasteiger partial charge in [-0.05, 0) is 55.5 Å². The van der Waals surface area contributed by atoms with Crippen LogP contribution in [0.15, 0.2) is 67.7 Å². The molecule has 4 heteroatoms. The Morgan fingerprint density at radius 1 is 1.21 bits per heavy atom. The van der Waals surface area contributed by atoms with E-state index in [0.717, 1.165) is 46.2 Å². The Kier molecular flexibility index (Phi) is 6.90. The molecule has 0 aliphatic heterocycles. The number of ether oxygens (including phenoxy) is 1. The molecule has 0 radical (unpaired) electrons. The first-order valence-corrected chi connectivity index (χ1v) is 9.56. The molecular weight excluding hydrogens is 351 g/mol. The molecule has 28 heavy (non-hydrogen) atoms. The number of alkyl halides is 1. The first-order valence-electron chi connectivity index (χ1n) is 9.56. The largest absolute Gasteiger partial charge is 0.489 e. The van der Waals surface area contributed by atoms with E-state index in [0.29, 0.717) is 13.0 Å². The van der Waals surface area contributed by atoms with Gasteiger partial charge >= 0.3 is 0 Å². The van der Waals surface area contributed by atoms with Crippen molar-refractivity contribution in [3.05, 3.63) is 73.2 Å². The van der Waals surface area contributed by atoms with Gasteiger partial charge in [-0.2, -0.15) is 0 Å². The van der Waals surface area contributed by atoms with Crippen LogP contribution in [0.5, 0.6) is 5.75 Å². The third-order valence-corrected chi connectivity index (χ3v) is 4.46. The molecule has 144 valence electrons. The van der Waals surface area contributed by atoms with Crippen LogP contribution in [0, 0.1) is 0 Å². The summed E-state index contributed by atoms with van der Waals surface area (Å²) in [5, 5.41) is 0.987. The van der Waals surface area contributed by atoms with Crippen LogP contribution in [0.25, 0.3) is 28.1 Å². The molecule has 3 nitrogen and oxygen atoms in total. The van der Waals surface area contributed by atoms with Crippen molar-refractivity contribution in [2.75, 3.05) is 6.61 Å². The molecular formula is C24H25FN2O. The third kappa shape index (κ3) is 5.26. The molecule has 1 heterocycles. The summed E-state index contributed by atoms with van der Waals surface area (Å²) in [6.45, 7) is 5.78. The second-order valence-corrected chi connectivity index (χ2v) is 6.77. The minimum atomic E-state index is -0.737. The van der Waals surface area contributed by atoms with E-state index in [-0.39, 0.29) is 0 Å². The predicted octanol–water partition coefficient (Wildman–Crippen LogP) is 6.40. The van der Waals surface area contributed by atoms with Crippen LogP contribution in [0.1, 0.15) is 31.7 Å². The van der Waals surface area contributed by atoms with Crippen LogP contribution in [-0.2, 0) is 0 Å². The van der Waals surface area contributed by atoms with Gasteiger partial charge in [0.1, 0.15) is 18.7 Å². The molecule has 0 spiro atoms. The van der Waals surface area contributed by atoms with E-state index < -0.39 is 6.17 Å². The van der Waals surface area contributed by atoms with E-state index in [4.69, 9.17) is 4.74 Å². The van der Waals surface area contributed by atoms with E-state index in [1.54, 1.807) is 19.3 Å². The highest BCUT2D eigenvalue weighted by atomic mass is 19.1. The van der Waals surface area contributed by atoms with Crippen molar-refractivity contribution in [3.63, 3.8) is 0 Å². The number of nitrogens with zero attached hydrogens (tertiary/aromatic N) is 2. The maximum Gasteiger partial charge on any atom is 0.128 e. The number of unbranched alkanes of at least 4 members (excludes halogenated alkanes) is 1. The molecule has 0 amide bonds. The van der Waals surface area contributed by atoms with Gasteiger partial charge in [0, 0.05) is 17.1 Å². The lowest BCUT2D eigenvalue weighted by atomic mass is 10.0. The maximum absolute atomic E-state index is 12.9. The lowest BCUT2D eigenvalue weighted by Gasteiger charge is -2.12. The van der Waals surface area contributed by atoms with Gasteiger partial charge in [-0.25, -0.2) is 14.4 Å². The molecule has 0 aliphatic rings. The molecule has 1 unspecified atom stereocenters. The van der Waals surface area contributed by atoms with Crippen LogP contribution in [0.4, 0.5) is 4.39 Å². The Bertz CT molecular complexity index is 966. The maximum atomic E-state index is 12.9. The van der Waals surface area contributed by atoms with Gasteiger partial charge in [-0.15, -0.1) is 0 Å². The number of hydrogen-bond acceptors (Lipinski definition) is 3. The number of benzene rings is 2. The number of hydrogen-bond donors (Lipinski definition) is 0. The van der Waals surface area contributed by atoms with E-state index in [1.807, 2.05) is 24.4 Å². The van der Waals surface area contributed by atoms with Crippen molar-refractivity contribution in [2.24, 2.45) is 0 Å². The summed E-state index contributed by atoms with van der Waals surface area (Å²) in [6.07, 6.45) is 10.8. The average molecular weight is 376 g/mol. The zero-order chi connectivity index (χ0) is 19.8. The molecule has 0 saturated carbocycles. The molecule has 0 bridgehead atoms. The van der Waals surface area contributed by atoms with E-state index in [1.165, 1.54) is 0 Å². The first-order chi connectivity index (χ1) is 13.7. The highest BCUT2D eigenvalue weighted by Gasteiger charge is 2.08. The quantitative estimate of drug-likeness (QED) is 0.320. The topological polar surface area (TPSA) is 35.0 Å². The van der Waals surface area contributed by atoms with Crippen molar-refractivity contribution < 1.29 is 9.13 Å². The normalized spacial score (nSPS) is 12.4. The van der Waals surface area contributed by atoms with E-state index in [9.17, 15) is 4.39 Å². The van der Waals surface area contributed by atoms with Crippen LogP contribution in [-0.4, -0.2) is 22.7 Å². The fraction of sp³-hybridized carbons (Fsp3) is 0.250. The second-order valence-electron chi connectivity index (χ2n) is 6.77. The molecule has 0 saturated heterocycles. The lowest BCUT2D eigenvalue weighted by Crippen LogP contribution is -1.96. The van der Waals surface area contributed by atoms with Gasteiger partial charge in [-0.1, -0.05) is 43.0 Å². The highest BCUT2D eigenvalue weighted by Crippen LogP contribution is 2.33. The lowest BCUT2D eigenvalue weighted by molar-refractivity contribution is 0.335. The minimum absolute atomic E-state index is 0.436. The fourth-order valence-electron chi connectivity index (χ4n) is 3.04. The van der Waals surface area contributed by atoms with Crippen molar-refractivity contribution in [1.82, 2.24) is 9.97 Å². The van der Waals surface area contributed by atoms with Crippen LogP contribution in [0.2, 0.25) is 0 Å². The van der Waals surface area contributed by atoms with Gasteiger partial charge in [0.2, 0.25) is 0 Å². The third-order valence-electron chi connectivity index (χ3n) is 4.46. The summed E-state index contributed by atoms with van der Waals surface area (Å²) >= 11 is 0. The summed E-state index contributed by atoms with van der Waals surface area (Å²) < 4.78 is 18.8. The number of aromatic nitrogens is 2.